The fraction of sp³-hybridized carbons (Fsp3) is 0.263. The highest BCUT2D eigenvalue weighted by Crippen LogP contribution is 2.38. The van der Waals surface area contributed by atoms with Gasteiger partial charge in [0.25, 0.3) is 0 Å². The number of hydrogen-bond acceptors (Lipinski definition) is 3. The summed E-state index contributed by atoms with van der Waals surface area (Å²) in [5.74, 6) is 0.594. The number of rotatable bonds is 4. The van der Waals surface area contributed by atoms with Crippen molar-refractivity contribution in [2.45, 2.75) is 32.7 Å². The maximum Gasteiger partial charge on any atom is 0.418 e. The topological polar surface area (TPSA) is 50.8 Å². The first kappa shape index (κ1) is 17.8. The molecule has 0 bridgehead atoms. The fourth-order valence-electron chi connectivity index (χ4n) is 3.05. The van der Waals surface area contributed by atoms with Crippen LogP contribution in [0.25, 0.3) is 10.9 Å². The van der Waals surface area contributed by atoms with Crippen molar-refractivity contribution >= 4 is 10.9 Å². The minimum atomic E-state index is -4.60. The van der Waals surface area contributed by atoms with Gasteiger partial charge in [-0.3, -0.25) is 4.98 Å². The van der Waals surface area contributed by atoms with Crippen molar-refractivity contribution in [2.75, 3.05) is 0 Å². The predicted molar refractivity (Wildman–Crippen MR) is 90.7 cm³/mol. The average Bonchev–Trinajstić information content (AvgIpc) is 2.89. The zero-order valence-corrected chi connectivity index (χ0v) is 14.2. The highest BCUT2D eigenvalue weighted by Gasteiger charge is 2.36. The van der Waals surface area contributed by atoms with Crippen molar-refractivity contribution in [3.05, 3.63) is 59.5 Å². The number of benzene rings is 1. The minimum Gasteiger partial charge on any atom is -0.487 e. The Labute approximate surface area is 148 Å². The van der Waals surface area contributed by atoms with E-state index in [9.17, 15) is 13.2 Å². The molecule has 2 aromatic heterocycles. The van der Waals surface area contributed by atoms with Crippen LogP contribution in [-0.4, -0.2) is 15.7 Å². The van der Waals surface area contributed by atoms with Crippen LogP contribution in [0.15, 0.2) is 42.7 Å². The summed E-state index contributed by atoms with van der Waals surface area (Å²) in [7, 11) is 0. The van der Waals surface area contributed by atoms with Gasteiger partial charge in [-0.05, 0) is 44.2 Å². The van der Waals surface area contributed by atoms with E-state index in [1.54, 1.807) is 48.2 Å². The summed E-state index contributed by atoms with van der Waals surface area (Å²) in [6.07, 6.45) is -1.66. The molecule has 134 valence electrons. The van der Waals surface area contributed by atoms with Crippen LogP contribution in [0.1, 0.15) is 23.7 Å². The van der Waals surface area contributed by atoms with Gasteiger partial charge in [-0.15, -0.1) is 0 Å². The summed E-state index contributed by atoms with van der Waals surface area (Å²) in [5.41, 5.74) is -0.167. The number of fused-ring (bicyclic) bond motifs is 1. The van der Waals surface area contributed by atoms with Gasteiger partial charge in [0.15, 0.2) is 0 Å². The van der Waals surface area contributed by atoms with Crippen molar-refractivity contribution < 1.29 is 17.9 Å². The molecule has 0 amide bonds. The fourth-order valence-corrected chi connectivity index (χ4v) is 3.05. The van der Waals surface area contributed by atoms with Gasteiger partial charge in [0.1, 0.15) is 11.9 Å². The Bertz CT molecular complexity index is 972. The first-order chi connectivity index (χ1) is 12.3. The zero-order valence-electron chi connectivity index (χ0n) is 14.2. The van der Waals surface area contributed by atoms with Crippen molar-refractivity contribution in [3.63, 3.8) is 0 Å². The number of nitriles is 1. The Hall–Kier alpha value is -3.01. The van der Waals surface area contributed by atoms with Crippen molar-refractivity contribution in [1.29, 1.82) is 5.26 Å². The van der Waals surface area contributed by atoms with Gasteiger partial charge in [-0.2, -0.15) is 18.4 Å². The monoisotopic (exact) mass is 359 g/mol. The number of nitrogens with zero attached hydrogens (tertiary/aromatic N) is 3. The molecule has 26 heavy (non-hydrogen) atoms. The third-order valence-electron chi connectivity index (χ3n) is 4.11. The van der Waals surface area contributed by atoms with Gasteiger partial charge < -0.3 is 9.30 Å². The van der Waals surface area contributed by atoms with Crippen LogP contribution in [0.5, 0.6) is 5.75 Å². The average molecular weight is 359 g/mol. The third kappa shape index (κ3) is 3.36. The Balaban J connectivity index is 2.00. The largest absolute Gasteiger partial charge is 0.487 e. The van der Waals surface area contributed by atoms with Crippen molar-refractivity contribution in [1.82, 2.24) is 9.55 Å². The molecule has 3 aromatic rings. The standard InChI is InChI=1S/C19H16F3N3O/c1-12-8-16-17(6-5-14(9-23)18(16)19(20,21)22)25(12)11-13(2)26-15-4-3-7-24-10-15/h3-8,10,13H,11H2,1-2H3. The Morgan fingerprint density at radius 3 is 2.69 bits per heavy atom. The molecule has 1 unspecified atom stereocenters. The van der Waals surface area contributed by atoms with Crippen LogP contribution in [0.3, 0.4) is 0 Å². The number of aryl methyl sites for hydroxylation is 1. The second kappa shape index (κ2) is 6.71. The van der Waals surface area contributed by atoms with Gasteiger partial charge in [-0.1, -0.05) is 0 Å². The molecule has 1 atom stereocenters. The lowest BCUT2D eigenvalue weighted by Crippen LogP contribution is -2.20. The first-order valence-electron chi connectivity index (χ1n) is 7.98. The molecule has 0 aliphatic carbocycles. The second-order valence-corrected chi connectivity index (χ2v) is 6.04. The van der Waals surface area contributed by atoms with E-state index >= 15 is 0 Å². The lowest BCUT2D eigenvalue weighted by molar-refractivity contribution is -0.136. The maximum absolute atomic E-state index is 13.5. The molecule has 0 aliphatic rings. The lowest BCUT2D eigenvalue weighted by atomic mass is 10.0. The molecule has 0 saturated heterocycles. The van der Waals surface area contributed by atoms with Gasteiger partial charge >= 0.3 is 6.18 Å². The van der Waals surface area contributed by atoms with E-state index in [4.69, 9.17) is 10.00 Å². The summed E-state index contributed by atoms with van der Waals surface area (Å²) in [4.78, 5) is 3.97. The van der Waals surface area contributed by atoms with Gasteiger partial charge in [0.2, 0.25) is 0 Å². The molecular formula is C19H16F3N3O. The smallest absolute Gasteiger partial charge is 0.418 e. The number of halogens is 3. The molecular weight excluding hydrogens is 343 g/mol. The molecule has 0 N–H and O–H groups in total. The quantitative estimate of drug-likeness (QED) is 0.678. The summed E-state index contributed by atoms with van der Waals surface area (Å²) in [5, 5.41) is 9.07. The van der Waals surface area contributed by atoms with Crippen LogP contribution in [-0.2, 0) is 12.7 Å². The summed E-state index contributed by atoms with van der Waals surface area (Å²) in [6.45, 7) is 3.95. The zero-order chi connectivity index (χ0) is 18.9. The Kier molecular flexibility index (Phi) is 4.60. The lowest BCUT2D eigenvalue weighted by Gasteiger charge is -2.18. The Morgan fingerprint density at radius 2 is 2.08 bits per heavy atom. The summed E-state index contributed by atoms with van der Waals surface area (Å²) >= 11 is 0. The Morgan fingerprint density at radius 1 is 1.31 bits per heavy atom. The van der Waals surface area contributed by atoms with Gasteiger partial charge in [-0.25, -0.2) is 0 Å². The molecule has 7 heteroatoms. The number of pyridine rings is 1. The molecule has 3 rings (SSSR count). The van der Waals surface area contributed by atoms with E-state index in [1.165, 1.54) is 12.1 Å². The molecule has 2 heterocycles. The summed E-state index contributed by atoms with van der Waals surface area (Å²) in [6, 6.07) is 9.38. The number of ether oxygens (including phenoxy) is 1. The number of alkyl halides is 3. The SMILES string of the molecule is Cc1cc2c(C(F)(F)F)c(C#N)ccc2n1CC(C)Oc1cccnc1. The van der Waals surface area contributed by atoms with Crippen LogP contribution in [0.2, 0.25) is 0 Å². The molecule has 0 spiro atoms. The van der Waals surface area contributed by atoms with Gasteiger partial charge in [0.05, 0.1) is 29.9 Å². The van der Waals surface area contributed by atoms with Crippen LogP contribution in [0, 0.1) is 18.3 Å². The van der Waals surface area contributed by atoms with Gasteiger partial charge in [0, 0.05) is 22.8 Å². The minimum absolute atomic E-state index is 0.0302. The molecule has 1 aromatic carbocycles. The molecule has 0 radical (unpaired) electrons. The van der Waals surface area contributed by atoms with Crippen LogP contribution in [0.4, 0.5) is 13.2 Å². The highest BCUT2D eigenvalue weighted by molar-refractivity contribution is 5.87. The first-order valence-corrected chi connectivity index (χ1v) is 7.98. The van der Waals surface area contributed by atoms with Crippen molar-refractivity contribution in [2.24, 2.45) is 0 Å². The number of hydrogen-bond donors (Lipinski definition) is 0. The molecule has 0 saturated carbocycles. The molecule has 0 fully saturated rings. The van der Waals surface area contributed by atoms with Crippen LogP contribution >= 0.6 is 0 Å². The van der Waals surface area contributed by atoms with E-state index in [0.717, 1.165) is 0 Å². The molecule has 4 nitrogen and oxygen atoms in total. The molecule has 0 aliphatic heterocycles. The van der Waals surface area contributed by atoms with E-state index in [0.29, 0.717) is 23.5 Å². The van der Waals surface area contributed by atoms with E-state index in [-0.39, 0.29) is 17.1 Å². The van der Waals surface area contributed by atoms with E-state index in [2.05, 4.69) is 4.98 Å². The maximum atomic E-state index is 13.5. The second-order valence-electron chi connectivity index (χ2n) is 6.04. The summed E-state index contributed by atoms with van der Waals surface area (Å²) < 4.78 is 47.9. The number of aromatic nitrogens is 2. The normalized spacial score (nSPS) is 12.8. The third-order valence-corrected chi connectivity index (χ3v) is 4.11. The predicted octanol–water partition coefficient (Wildman–Crippen LogP) is 4.70. The van der Waals surface area contributed by atoms with E-state index < -0.39 is 11.7 Å². The van der Waals surface area contributed by atoms with E-state index in [1.807, 2.05) is 6.92 Å². The van der Waals surface area contributed by atoms with Crippen LogP contribution < -0.4 is 4.74 Å². The highest BCUT2D eigenvalue weighted by atomic mass is 19.4. The van der Waals surface area contributed by atoms with Crippen molar-refractivity contribution in [3.8, 4) is 11.8 Å².